The summed E-state index contributed by atoms with van der Waals surface area (Å²) in [7, 11) is 0. The highest BCUT2D eigenvalue weighted by molar-refractivity contribution is 6.34. The molecule has 1 atom stereocenters. The molecule has 0 aromatic heterocycles. The fraction of sp³-hybridized carbons (Fsp3) is 0.385. The van der Waals surface area contributed by atoms with E-state index < -0.39 is 37.1 Å². The van der Waals surface area contributed by atoms with Gasteiger partial charge in [0.2, 0.25) is 0 Å². The van der Waals surface area contributed by atoms with Crippen LogP contribution >= 0.6 is 23.2 Å². The van der Waals surface area contributed by atoms with E-state index in [2.05, 4.69) is 4.74 Å². The standard InChI is InChI=1S/C13H11Cl2F3O4/c1-7(13(16,17)18)21-11(19)2-3-12(20)22-10-5-8(14)4-9(15)6-10/h4-7H,2-3H2,1H3. The van der Waals surface area contributed by atoms with Crippen molar-refractivity contribution in [2.24, 2.45) is 0 Å². The predicted molar refractivity (Wildman–Crippen MR) is 72.9 cm³/mol. The molecule has 0 aliphatic rings. The van der Waals surface area contributed by atoms with Gasteiger partial charge in [-0.15, -0.1) is 0 Å². The molecule has 0 saturated heterocycles. The van der Waals surface area contributed by atoms with E-state index in [1.807, 2.05) is 0 Å². The average Bonchev–Trinajstić information content (AvgIpc) is 2.33. The normalized spacial score (nSPS) is 12.6. The molecule has 1 aromatic carbocycles. The predicted octanol–water partition coefficient (Wildman–Crippen LogP) is 4.17. The zero-order chi connectivity index (χ0) is 16.9. The Morgan fingerprint density at radius 1 is 1.09 bits per heavy atom. The lowest BCUT2D eigenvalue weighted by molar-refractivity contribution is -0.216. The zero-order valence-electron chi connectivity index (χ0n) is 11.2. The van der Waals surface area contributed by atoms with Crippen molar-refractivity contribution in [3.63, 3.8) is 0 Å². The van der Waals surface area contributed by atoms with Crippen molar-refractivity contribution >= 4 is 35.1 Å². The number of benzene rings is 1. The van der Waals surface area contributed by atoms with Gasteiger partial charge in [-0.1, -0.05) is 23.2 Å². The van der Waals surface area contributed by atoms with Gasteiger partial charge in [0, 0.05) is 10.0 Å². The summed E-state index contributed by atoms with van der Waals surface area (Å²) in [6.45, 7) is 0.699. The third-order valence-electron chi connectivity index (χ3n) is 2.37. The van der Waals surface area contributed by atoms with Crippen molar-refractivity contribution in [3.8, 4) is 5.75 Å². The lowest BCUT2D eigenvalue weighted by atomic mass is 10.3. The third kappa shape index (κ3) is 6.53. The quantitative estimate of drug-likeness (QED) is 0.585. The number of hydrogen-bond acceptors (Lipinski definition) is 4. The second-order valence-electron chi connectivity index (χ2n) is 4.25. The molecule has 0 spiro atoms. The summed E-state index contributed by atoms with van der Waals surface area (Å²) in [5.74, 6) is -1.90. The first kappa shape index (κ1) is 18.6. The molecule has 4 nitrogen and oxygen atoms in total. The van der Waals surface area contributed by atoms with Crippen molar-refractivity contribution in [2.75, 3.05) is 0 Å². The van der Waals surface area contributed by atoms with Crippen LogP contribution in [-0.4, -0.2) is 24.2 Å². The van der Waals surface area contributed by atoms with Gasteiger partial charge in [-0.25, -0.2) is 0 Å². The Bertz CT molecular complexity index is 540. The summed E-state index contributed by atoms with van der Waals surface area (Å²) >= 11 is 11.4. The van der Waals surface area contributed by atoms with E-state index in [4.69, 9.17) is 27.9 Å². The molecule has 22 heavy (non-hydrogen) atoms. The van der Waals surface area contributed by atoms with Crippen molar-refractivity contribution in [3.05, 3.63) is 28.2 Å². The first-order valence-electron chi connectivity index (χ1n) is 6.01. The monoisotopic (exact) mass is 358 g/mol. The van der Waals surface area contributed by atoms with Gasteiger partial charge < -0.3 is 9.47 Å². The summed E-state index contributed by atoms with van der Waals surface area (Å²) in [6.07, 6.45) is -7.85. The van der Waals surface area contributed by atoms with Gasteiger partial charge in [-0.2, -0.15) is 13.2 Å². The minimum Gasteiger partial charge on any atom is -0.453 e. The molecular formula is C13H11Cl2F3O4. The minimum absolute atomic E-state index is 0.0690. The maximum Gasteiger partial charge on any atom is 0.425 e. The molecule has 1 aromatic rings. The van der Waals surface area contributed by atoms with Gasteiger partial charge in [-0.3, -0.25) is 9.59 Å². The fourth-order valence-corrected chi connectivity index (χ4v) is 1.80. The fourth-order valence-electron chi connectivity index (χ4n) is 1.30. The highest BCUT2D eigenvalue weighted by atomic mass is 35.5. The Morgan fingerprint density at radius 2 is 1.59 bits per heavy atom. The Morgan fingerprint density at radius 3 is 2.09 bits per heavy atom. The van der Waals surface area contributed by atoms with Gasteiger partial charge >= 0.3 is 18.1 Å². The summed E-state index contributed by atoms with van der Waals surface area (Å²) < 4.78 is 45.5. The number of carbonyl (C=O) groups excluding carboxylic acids is 2. The maximum absolute atomic E-state index is 12.2. The Kier molecular flexibility index (Phi) is 6.49. The number of ether oxygens (including phenoxy) is 2. The van der Waals surface area contributed by atoms with E-state index in [1.54, 1.807) is 0 Å². The summed E-state index contributed by atoms with van der Waals surface area (Å²) in [5.41, 5.74) is 0. The van der Waals surface area contributed by atoms with E-state index in [9.17, 15) is 22.8 Å². The van der Waals surface area contributed by atoms with Crippen LogP contribution in [0.2, 0.25) is 10.0 Å². The summed E-state index contributed by atoms with van der Waals surface area (Å²) in [5, 5.41) is 0.488. The maximum atomic E-state index is 12.2. The Balaban J connectivity index is 2.44. The van der Waals surface area contributed by atoms with Crippen LogP contribution in [-0.2, 0) is 14.3 Å². The molecule has 0 radical (unpaired) electrons. The molecule has 0 N–H and O–H groups in total. The Hall–Kier alpha value is -1.47. The summed E-state index contributed by atoms with van der Waals surface area (Å²) in [4.78, 5) is 22.7. The van der Waals surface area contributed by atoms with E-state index in [0.717, 1.165) is 0 Å². The lowest BCUT2D eigenvalue weighted by Gasteiger charge is -2.16. The van der Waals surface area contributed by atoms with E-state index in [1.165, 1.54) is 18.2 Å². The van der Waals surface area contributed by atoms with Crippen LogP contribution in [0.3, 0.4) is 0 Å². The molecule has 0 saturated carbocycles. The molecule has 0 bridgehead atoms. The molecule has 122 valence electrons. The average molecular weight is 359 g/mol. The number of hydrogen-bond donors (Lipinski definition) is 0. The van der Waals surface area contributed by atoms with Crippen LogP contribution in [0.15, 0.2) is 18.2 Å². The largest absolute Gasteiger partial charge is 0.453 e. The van der Waals surface area contributed by atoms with Crippen LogP contribution in [0, 0.1) is 0 Å². The van der Waals surface area contributed by atoms with E-state index >= 15 is 0 Å². The molecular weight excluding hydrogens is 348 g/mol. The van der Waals surface area contributed by atoms with Crippen LogP contribution in [0.5, 0.6) is 5.75 Å². The van der Waals surface area contributed by atoms with Crippen LogP contribution in [0.25, 0.3) is 0 Å². The topological polar surface area (TPSA) is 52.6 Å². The third-order valence-corrected chi connectivity index (χ3v) is 2.81. The molecule has 0 aliphatic carbocycles. The molecule has 0 fully saturated rings. The van der Waals surface area contributed by atoms with Crippen molar-refractivity contribution < 1.29 is 32.2 Å². The van der Waals surface area contributed by atoms with Crippen LogP contribution < -0.4 is 4.74 Å². The molecule has 1 rings (SSSR count). The van der Waals surface area contributed by atoms with Crippen molar-refractivity contribution in [1.82, 2.24) is 0 Å². The smallest absolute Gasteiger partial charge is 0.425 e. The van der Waals surface area contributed by atoms with E-state index in [0.29, 0.717) is 6.92 Å². The second kappa shape index (κ2) is 7.69. The Labute approximate surface area is 134 Å². The van der Waals surface area contributed by atoms with Crippen LogP contribution in [0.1, 0.15) is 19.8 Å². The molecule has 0 aliphatic heterocycles. The number of alkyl halides is 3. The number of halogens is 5. The number of carbonyl (C=O) groups is 2. The van der Waals surface area contributed by atoms with Gasteiger partial charge in [0.1, 0.15) is 5.75 Å². The van der Waals surface area contributed by atoms with E-state index in [-0.39, 0.29) is 15.8 Å². The van der Waals surface area contributed by atoms with Crippen LogP contribution in [0.4, 0.5) is 13.2 Å². The van der Waals surface area contributed by atoms with Crippen molar-refractivity contribution in [2.45, 2.75) is 32.0 Å². The highest BCUT2D eigenvalue weighted by Gasteiger charge is 2.39. The first-order valence-corrected chi connectivity index (χ1v) is 6.76. The van der Waals surface area contributed by atoms with Gasteiger partial charge in [0.25, 0.3) is 0 Å². The van der Waals surface area contributed by atoms with Crippen molar-refractivity contribution in [1.29, 1.82) is 0 Å². The summed E-state index contributed by atoms with van der Waals surface area (Å²) in [6, 6.07) is 4.08. The molecule has 1 unspecified atom stereocenters. The molecule has 0 heterocycles. The first-order chi connectivity index (χ1) is 10.1. The highest BCUT2D eigenvalue weighted by Crippen LogP contribution is 2.25. The van der Waals surface area contributed by atoms with Gasteiger partial charge in [0.15, 0.2) is 6.10 Å². The molecule has 9 heteroatoms. The van der Waals surface area contributed by atoms with Gasteiger partial charge in [-0.05, 0) is 25.1 Å². The minimum atomic E-state index is -4.65. The van der Waals surface area contributed by atoms with Gasteiger partial charge in [0.05, 0.1) is 12.8 Å². The lowest BCUT2D eigenvalue weighted by Crippen LogP contribution is -2.31. The number of rotatable bonds is 5. The zero-order valence-corrected chi connectivity index (χ0v) is 12.8. The number of esters is 2. The second-order valence-corrected chi connectivity index (χ2v) is 5.13. The SMILES string of the molecule is CC(OC(=O)CCC(=O)Oc1cc(Cl)cc(Cl)c1)C(F)(F)F. The molecule has 0 amide bonds.